The van der Waals surface area contributed by atoms with Gasteiger partial charge in [-0.25, -0.2) is 5.43 Å². The van der Waals surface area contributed by atoms with Crippen LogP contribution >= 0.6 is 31.9 Å². The number of methoxy groups -OCH3 is 1. The maximum absolute atomic E-state index is 12.0. The molecule has 0 unspecified atom stereocenters. The number of hydrogen-bond donors (Lipinski definition) is 1. The summed E-state index contributed by atoms with van der Waals surface area (Å²) in [7, 11) is 1.46. The zero-order valence-electron chi connectivity index (χ0n) is 14.3. The lowest BCUT2D eigenvalue weighted by atomic mass is 10.1. The van der Waals surface area contributed by atoms with E-state index < -0.39 is 16.6 Å². The number of hydrogen-bond acceptors (Lipinski definition) is 7. The van der Waals surface area contributed by atoms with Crippen LogP contribution in [0.3, 0.4) is 0 Å². The van der Waals surface area contributed by atoms with Crippen molar-refractivity contribution in [2.24, 2.45) is 5.10 Å². The molecule has 146 valence electrons. The molecular weight excluding hydrogens is 502 g/mol. The maximum atomic E-state index is 12.0. The number of amides is 1. The Bertz CT molecular complexity index is 948. The zero-order valence-corrected chi connectivity index (χ0v) is 17.5. The van der Waals surface area contributed by atoms with Crippen LogP contribution in [0, 0.1) is 10.1 Å². The third-order valence-corrected chi connectivity index (χ3v) is 4.30. The molecule has 1 amide bonds. The van der Waals surface area contributed by atoms with Crippen LogP contribution < -0.4 is 14.9 Å². The van der Waals surface area contributed by atoms with Crippen molar-refractivity contribution >= 4 is 55.5 Å². The van der Waals surface area contributed by atoms with Gasteiger partial charge in [0.1, 0.15) is 0 Å². The van der Waals surface area contributed by atoms with Crippen LogP contribution in [0.1, 0.15) is 10.4 Å². The van der Waals surface area contributed by atoms with Gasteiger partial charge in [-0.2, -0.15) is 5.10 Å². The van der Waals surface area contributed by atoms with Crippen molar-refractivity contribution in [3.8, 4) is 11.5 Å². The fourth-order valence-electron chi connectivity index (χ4n) is 2.01. The molecule has 0 aromatic heterocycles. The summed E-state index contributed by atoms with van der Waals surface area (Å²) in [6.07, 6.45) is 0.854. The molecule has 2 rings (SSSR count). The highest BCUT2D eigenvalue weighted by Gasteiger charge is 2.13. The Balaban J connectivity index is 1.93. The molecule has 0 fully saturated rings. The van der Waals surface area contributed by atoms with Crippen molar-refractivity contribution < 1.29 is 24.0 Å². The topological polar surface area (TPSA) is 120 Å². The monoisotopic (exact) mass is 513 g/mol. The Kier molecular flexibility index (Phi) is 7.64. The fourth-order valence-corrected chi connectivity index (χ4v) is 3.31. The molecule has 0 radical (unpaired) electrons. The number of Topliss-reactive ketones (excluding diaryl/α,β-unsaturated/α-hetero) is 1. The average Bonchev–Trinajstić information content (AvgIpc) is 2.66. The Hall–Kier alpha value is -2.79. The molecule has 2 aromatic carbocycles. The Morgan fingerprint density at radius 1 is 1.29 bits per heavy atom. The van der Waals surface area contributed by atoms with Crippen molar-refractivity contribution in [1.82, 2.24) is 5.43 Å². The molecule has 2 aromatic rings. The van der Waals surface area contributed by atoms with Gasteiger partial charge in [-0.05, 0) is 28.1 Å². The number of nitro groups is 1. The van der Waals surface area contributed by atoms with E-state index in [9.17, 15) is 19.7 Å². The lowest BCUT2D eigenvalue weighted by Crippen LogP contribution is -2.25. The van der Waals surface area contributed by atoms with Crippen molar-refractivity contribution in [3.05, 3.63) is 61.0 Å². The van der Waals surface area contributed by atoms with Gasteiger partial charge in [-0.1, -0.05) is 28.1 Å². The predicted octanol–water partition coefficient (Wildman–Crippen LogP) is 3.49. The lowest BCUT2D eigenvalue weighted by Gasteiger charge is -2.12. The van der Waals surface area contributed by atoms with Gasteiger partial charge in [-0.15, -0.1) is 0 Å². The third-order valence-electron chi connectivity index (χ3n) is 3.25. The van der Waals surface area contributed by atoms with Gasteiger partial charge in [0.15, 0.2) is 18.1 Å². The van der Waals surface area contributed by atoms with E-state index in [0.717, 1.165) is 16.8 Å². The van der Waals surface area contributed by atoms with Crippen LogP contribution in [0.4, 0.5) is 5.69 Å². The summed E-state index contributed by atoms with van der Waals surface area (Å²) in [5, 5.41) is 14.3. The number of carbonyl (C=O) groups is 2. The van der Waals surface area contributed by atoms with Crippen LogP contribution in [0.25, 0.3) is 0 Å². The van der Waals surface area contributed by atoms with Crippen LogP contribution in [0.15, 0.2) is 50.4 Å². The van der Waals surface area contributed by atoms with Crippen LogP contribution in [0.5, 0.6) is 11.5 Å². The minimum Gasteiger partial charge on any atom is -0.493 e. The van der Waals surface area contributed by atoms with E-state index in [1.165, 1.54) is 25.3 Å². The summed E-state index contributed by atoms with van der Waals surface area (Å²) in [5.74, 6) is -0.460. The molecule has 28 heavy (non-hydrogen) atoms. The van der Waals surface area contributed by atoms with E-state index in [2.05, 4.69) is 42.4 Å². The van der Waals surface area contributed by atoms with Gasteiger partial charge in [0.25, 0.3) is 11.6 Å². The maximum Gasteiger partial charge on any atom is 0.277 e. The van der Waals surface area contributed by atoms with Crippen molar-refractivity contribution in [2.75, 3.05) is 13.7 Å². The van der Waals surface area contributed by atoms with Gasteiger partial charge in [-0.3, -0.25) is 19.7 Å². The number of nitrogens with zero attached hydrogens (tertiary/aromatic N) is 2. The number of halogens is 2. The quantitative estimate of drug-likeness (QED) is 0.249. The molecule has 11 heteroatoms. The molecule has 0 saturated carbocycles. The standard InChI is InChI=1S/C17H13Br2N3O6/c1-27-15-7-11(18)6-13(19)17(15)28-9-16(24)21-20-8-14(23)10-3-2-4-12(5-10)22(25)26/h2-8H,9H2,1H3,(H,21,24)/b20-8+. The zero-order chi connectivity index (χ0) is 20.7. The highest BCUT2D eigenvalue weighted by molar-refractivity contribution is 9.11. The second kappa shape index (κ2) is 9.95. The normalized spacial score (nSPS) is 10.5. The Morgan fingerprint density at radius 2 is 2.04 bits per heavy atom. The number of rotatable bonds is 8. The first-order valence-electron chi connectivity index (χ1n) is 7.58. The molecule has 0 saturated heterocycles. The highest BCUT2D eigenvalue weighted by Crippen LogP contribution is 2.38. The number of ether oxygens (including phenoxy) is 2. The number of ketones is 1. The first kappa shape index (κ1) is 21.5. The van der Waals surface area contributed by atoms with E-state index in [0.29, 0.717) is 16.0 Å². The Morgan fingerprint density at radius 3 is 2.71 bits per heavy atom. The van der Waals surface area contributed by atoms with Gasteiger partial charge in [0.05, 0.1) is 22.7 Å². The summed E-state index contributed by atoms with van der Waals surface area (Å²) in [6.45, 7) is -0.376. The molecule has 0 bridgehead atoms. The average molecular weight is 515 g/mol. The molecule has 0 aliphatic carbocycles. The first-order chi connectivity index (χ1) is 13.3. The number of nitro benzene ring substituents is 1. The summed E-state index contributed by atoms with van der Waals surface area (Å²) < 4.78 is 12.0. The third kappa shape index (κ3) is 5.86. The van der Waals surface area contributed by atoms with Crippen molar-refractivity contribution in [2.45, 2.75) is 0 Å². The van der Waals surface area contributed by atoms with Gasteiger partial charge in [0.2, 0.25) is 5.78 Å². The van der Waals surface area contributed by atoms with E-state index in [-0.39, 0.29) is 17.9 Å². The molecule has 0 atom stereocenters. The summed E-state index contributed by atoms with van der Waals surface area (Å²) in [6, 6.07) is 8.58. The summed E-state index contributed by atoms with van der Waals surface area (Å²) in [4.78, 5) is 33.9. The lowest BCUT2D eigenvalue weighted by molar-refractivity contribution is -0.384. The van der Waals surface area contributed by atoms with Crippen LogP contribution in [0.2, 0.25) is 0 Å². The summed E-state index contributed by atoms with van der Waals surface area (Å²) >= 11 is 6.63. The second-order valence-corrected chi connectivity index (χ2v) is 6.94. The fraction of sp³-hybridized carbons (Fsp3) is 0.118. The molecule has 0 aliphatic heterocycles. The van der Waals surface area contributed by atoms with Crippen molar-refractivity contribution in [3.63, 3.8) is 0 Å². The largest absolute Gasteiger partial charge is 0.493 e. The molecule has 9 nitrogen and oxygen atoms in total. The van der Waals surface area contributed by atoms with E-state index in [4.69, 9.17) is 9.47 Å². The van der Waals surface area contributed by atoms with E-state index in [1.54, 1.807) is 12.1 Å². The molecule has 0 spiro atoms. The minimum absolute atomic E-state index is 0.0759. The first-order valence-corrected chi connectivity index (χ1v) is 9.17. The molecular formula is C17H13Br2N3O6. The van der Waals surface area contributed by atoms with Crippen LogP contribution in [-0.2, 0) is 4.79 Å². The van der Waals surface area contributed by atoms with E-state index >= 15 is 0 Å². The number of carbonyl (C=O) groups excluding carboxylic acids is 2. The SMILES string of the molecule is COc1cc(Br)cc(Br)c1OCC(=O)N/N=C/C(=O)c1cccc([N+](=O)[O-])c1. The number of nitrogens with one attached hydrogen (secondary N) is 1. The second-order valence-electron chi connectivity index (χ2n) is 5.17. The van der Waals surface area contributed by atoms with Gasteiger partial charge < -0.3 is 9.47 Å². The van der Waals surface area contributed by atoms with Crippen LogP contribution in [-0.4, -0.2) is 36.5 Å². The Labute approximate surface area is 176 Å². The van der Waals surface area contributed by atoms with Gasteiger partial charge >= 0.3 is 0 Å². The smallest absolute Gasteiger partial charge is 0.277 e. The molecule has 0 aliphatic rings. The molecule has 0 heterocycles. The summed E-state index contributed by atoms with van der Waals surface area (Å²) in [5.41, 5.74) is 2.00. The van der Waals surface area contributed by atoms with Gasteiger partial charge in [0, 0.05) is 22.2 Å². The predicted molar refractivity (Wildman–Crippen MR) is 108 cm³/mol. The number of benzene rings is 2. The van der Waals surface area contributed by atoms with E-state index in [1.807, 2.05) is 0 Å². The minimum atomic E-state index is -0.611. The van der Waals surface area contributed by atoms with Crippen molar-refractivity contribution in [1.29, 1.82) is 0 Å². The molecule has 1 N–H and O–H groups in total. The number of hydrazone groups is 1. The number of non-ortho nitro benzene ring substituents is 1. The highest BCUT2D eigenvalue weighted by atomic mass is 79.9.